The third-order valence-corrected chi connectivity index (χ3v) is 4.24. The van der Waals surface area contributed by atoms with Crippen LogP contribution in [0.4, 0.5) is 4.39 Å². The van der Waals surface area contributed by atoms with Gasteiger partial charge in [-0.3, -0.25) is 0 Å². The molecule has 0 heterocycles. The molecular weight excluding hydrogens is 308 g/mol. The van der Waals surface area contributed by atoms with Crippen LogP contribution in [0.25, 0.3) is 0 Å². The van der Waals surface area contributed by atoms with Gasteiger partial charge in [0.25, 0.3) is 0 Å². The summed E-state index contributed by atoms with van der Waals surface area (Å²) >= 11 is 12.1. The largest absolute Gasteiger partial charge is 0.307 e. The topological polar surface area (TPSA) is 12.0 Å². The Morgan fingerprint density at radius 2 is 1.76 bits per heavy atom. The summed E-state index contributed by atoms with van der Waals surface area (Å²) in [7, 11) is 0. The van der Waals surface area contributed by atoms with Crippen LogP contribution in [0.2, 0.25) is 10.0 Å². The highest BCUT2D eigenvalue weighted by molar-refractivity contribution is 6.31. The van der Waals surface area contributed by atoms with Crippen LogP contribution in [0, 0.1) is 19.7 Å². The van der Waals surface area contributed by atoms with Crippen LogP contribution >= 0.6 is 23.2 Å². The number of hydrogen-bond acceptors (Lipinski definition) is 1. The van der Waals surface area contributed by atoms with Gasteiger partial charge in [-0.15, -0.1) is 0 Å². The molecule has 1 N–H and O–H groups in total. The van der Waals surface area contributed by atoms with Gasteiger partial charge in [-0.25, -0.2) is 4.39 Å². The molecule has 0 bridgehead atoms. The molecule has 2 rings (SSSR count). The predicted molar refractivity (Wildman–Crippen MR) is 87.9 cm³/mol. The molecule has 0 aliphatic heterocycles. The number of nitrogens with one attached hydrogen (secondary N) is 1. The first-order valence-corrected chi connectivity index (χ1v) is 7.64. The lowest BCUT2D eigenvalue weighted by atomic mass is 9.93. The normalized spacial score (nSPS) is 12.5. The van der Waals surface area contributed by atoms with E-state index < -0.39 is 5.82 Å². The van der Waals surface area contributed by atoms with Crippen molar-refractivity contribution in [2.75, 3.05) is 6.54 Å². The molecule has 2 aromatic rings. The summed E-state index contributed by atoms with van der Waals surface area (Å²) in [5.74, 6) is -0.403. The van der Waals surface area contributed by atoms with Crippen molar-refractivity contribution in [2.45, 2.75) is 26.8 Å². The first kappa shape index (κ1) is 16.3. The number of aryl methyl sites for hydroxylation is 2. The Bertz CT molecular complexity index is 655. The summed E-state index contributed by atoms with van der Waals surface area (Å²) in [5.41, 5.74) is 4.18. The van der Waals surface area contributed by atoms with Crippen LogP contribution in [-0.2, 0) is 0 Å². The molecule has 0 aliphatic carbocycles. The van der Waals surface area contributed by atoms with Crippen molar-refractivity contribution < 1.29 is 4.39 Å². The van der Waals surface area contributed by atoms with Crippen molar-refractivity contribution in [2.24, 2.45) is 0 Å². The van der Waals surface area contributed by atoms with Gasteiger partial charge >= 0.3 is 0 Å². The third-order valence-electron chi connectivity index (χ3n) is 3.54. The van der Waals surface area contributed by atoms with Crippen molar-refractivity contribution in [1.29, 1.82) is 0 Å². The lowest BCUT2D eigenvalue weighted by Crippen LogP contribution is -2.23. The van der Waals surface area contributed by atoms with Crippen molar-refractivity contribution >= 4 is 23.2 Å². The van der Waals surface area contributed by atoms with Crippen LogP contribution in [0.5, 0.6) is 0 Å². The fraction of sp³-hybridized carbons (Fsp3) is 0.294. The molecule has 1 unspecified atom stereocenters. The monoisotopic (exact) mass is 325 g/mol. The molecule has 0 saturated carbocycles. The lowest BCUT2D eigenvalue weighted by Gasteiger charge is -2.22. The first-order chi connectivity index (χ1) is 9.93. The van der Waals surface area contributed by atoms with E-state index in [4.69, 9.17) is 23.2 Å². The maximum absolute atomic E-state index is 13.4. The van der Waals surface area contributed by atoms with E-state index >= 15 is 0 Å². The number of halogens is 3. The van der Waals surface area contributed by atoms with E-state index in [0.717, 1.165) is 33.8 Å². The van der Waals surface area contributed by atoms with E-state index in [0.29, 0.717) is 0 Å². The number of benzene rings is 2. The Hall–Kier alpha value is -1.09. The smallest absolute Gasteiger partial charge is 0.141 e. The van der Waals surface area contributed by atoms with Gasteiger partial charge in [0.15, 0.2) is 0 Å². The molecule has 0 radical (unpaired) electrons. The first-order valence-electron chi connectivity index (χ1n) is 6.89. The highest BCUT2D eigenvalue weighted by Crippen LogP contribution is 2.31. The number of hydrogen-bond donors (Lipinski definition) is 1. The Morgan fingerprint density at radius 1 is 1.05 bits per heavy atom. The summed E-state index contributed by atoms with van der Waals surface area (Å²) in [4.78, 5) is 0. The van der Waals surface area contributed by atoms with Crippen LogP contribution in [0.1, 0.15) is 35.2 Å². The molecule has 1 atom stereocenters. The minimum atomic E-state index is -0.403. The van der Waals surface area contributed by atoms with Gasteiger partial charge in [-0.2, -0.15) is 0 Å². The average molecular weight is 326 g/mol. The van der Waals surface area contributed by atoms with Gasteiger partial charge in [-0.05, 0) is 60.8 Å². The molecular formula is C17H18Cl2FN. The predicted octanol–water partition coefficient (Wildman–Crippen LogP) is 5.45. The van der Waals surface area contributed by atoms with Gasteiger partial charge in [0.2, 0.25) is 0 Å². The second kappa shape index (κ2) is 6.78. The SMILES string of the molecule is CCNC(c1ccc(F)c(Cl)c1)c1cc(C)c(Cl)cc1C. The Kier molecular flexibility index (Phi) is 5.26. The van der Waals surface area contributed by atoms with E-state index in [-0.39, 0.29) is 11.1 Å². The molecule has 0 fully saturated rings. The molecule has 0 spiro atoms. The highest BCUT2D eigenvalue weighted by Gasteiger charge is 2.17. The van der Waals surface area contributed by atoms with E-state index in [1.807, 2.05) is 26.8 Å². The molecule has 0 amide bonds. The van der Waals surface area contributed by atoms with Crippen molar-refractivity contribution in [3.8, 4) is 0 Å². The molecule has 4 heteroatoms. The molecule has 112 valence electrons. The van der Waals surface area contributed by atoms with Crippen molar-refractivity contribution in [1.82, 2.24) is 5.32 Å². The van der Waals surface area contributed by atoms with Gasteiger partial charge < -0.3 is 5.32 Å². The van der Waals surface area contributed by atoms with E-state index in [2.05, 4.69) is 11.4 Å². The van der Waals surface area contributed by atoms with Crippen LogP contribution in [-0.4, -0.2) is 6.54 Å². The van der Waals surface area contributed by atoms with Gasteiger partial charge in [0.1, 0.15) is 5.82 Å². The second-order valence-electron chi connectivity index (χ2n) is 5.12. The molecule has 1 nitrogen and oxygen atoms in total. The zero-order valence-corrected chi connectivity index (χ0v) is 13.8. The molecule has 21 heavy (non-hydrogen) atoms. The molecule has 0 saturated heterocycles. The summed E-state index contributed by atoms with van der Waals surface area (Å²) in [6.45, 7) is 6.83. The van der Waals surface area contributed by atoms with E-state index in [9.17, 15) is 4.39 Å². The van der Waals surface area contributed by atoms with Gasteiger partial charge in [-0.1, -0.05) is 42.3 Å². The molecule has 0 aromatic heterocycles. The van der Waals surface area contributed by atoms with Crippen molar-refractivity contribution in [3.63, 3.8) is 0 Å². The lowest BCUT2D eigenvalue weighted by molar-refractivity contribution is 0.612. The summed E-state index contributed by atoms with van der Waals surface area (Å²) in [5, 5.41) is 4.32. The minimum Gasteiger partial charge on any atom is -0.307 e. The van der Waals surface area contributed by atoms with E-state index in [1.165, 1.54) is 6.07 Å². The molecule has 2 aromatic carbocycles. The zero-order valence-electron chi connectivity index (χ0n) is 12.3. The number of rotatable bonds is 4. The van der Waals surface area contributed by atoms with Gasteiger partial charge in [0.05, 0.1) is 11.1 Å². The molecule has 0 aliphatic rings. The van der Waals surface area contributed by atoms with Crippen molar-refractivity contribution in [3.05, 3.63) is 68.4 Å². The standard InChI is InChI=1S/C17H18Cl2FN/c1-4-21-17(12-5-6-16(20)15(19)9-12)13-7-11(3)14(18)8-10(13)2/h5-9,17,21H,4H2,1-3H3. The summed E-state index contributed by atoms with van der Waals surface area (Å²) < 4.78 is 13.4. The Balaban J connectivity index is 2.52. The maximum Gasteiger partial charge on any atom is 0.141 e. The average Bonchev–Trinajstić information content (AvgIpc) is 2.44. The summed E-state index contributed by atoms with van der Waals surface area (Å²) in [6, 6.07) is 8.83. The van der Waals surface area contributed by atoms with Crippen LogP contribution < -0.4 is 5.32 Å². The third kappa shape index (κ3) is 3.57. The highest BCUT2D eigenvalue weighted by atomic mass is 35.5. The summed E-state index contributed by atoms with van der Waals surface area (Å²) in [6.07, 6.45) is 0. The zero-order chi connectivity index (χ0) is 15.6. The van der Waals surface area contributed by atoms with Crippen LogP contribution in [0.3, 0.4) is 0 Å². The fourth-order valence-corrected chi connectivity index (χ4v) is 2.82. The fourth-order valence-electron chi connectivity index (χ4n) is 2.42. The van der Waals surface area contributed by atoms with Gasteiger partial charge in [0, 0.05) is 5.02 Å². The maximum atomic E-state index is 13.4. The second-order valence-corrected chi connectivity index (χ2v) is 5.94. The Labute approximate surface area is 135 Å². The Morgan fingerprint density at radius 3 is 2.38 bits per heavy atom. The van der Waals surface area contributed by atoms with E-state index in [1.54, 1.807) is 12.1 Å². The minimum absolute atomic E-state index is 0.0379. The van der Waals surface area contributed by atoms with Crippen LogP contribution in [0.15, 0.2) is 30.3 Å². The quantitative estimate of drug-likeness (QED) is 0.788.